The van der Waals surface area contributed by atoms with E-state index in [4.69, 9.17) is 21.3 Å². The van der Waals surface area contributed by atoms with Crippen LogP contribution in [0.1, 0.15) is 16.5 Å². The van der Waals surface area contributed by atoms with Gasteiger partial charge in [0.05, 0.1) is 17.4 Å². The second-order valence-electron chi connectivity index (χ2n) is 6.91. The Kier molecular flexibility index (Phi) is 4.70. The number of pyridine rings is 1. The van der Waals surface area contributed by atoms with Crippen molar-refractivity contribution >= 4 is 28.6 Å². The molecule has 0 fully saturated rings. The van der Waals surface area contributed by atoms with Gasteiger partial charge in [-0.05, 0) is 42.8 Å². The van der Waals surface area contributed by atoms with E-state index in [9.17, 15) is 0 Å². The molecule has 2 aromatic carbocycles. The lowest BCUT2D eigenvalue weighted by molar-refractivity contribution is 0.286. The molecule has 1 atom stereocenters. The van der Waals surface area contributed by atoms with Gasteiger partial charge in [-0.25, -0.2) is 4.98 Å². The lowest BCUT2D eigenvalue weighted by Gasteiger charge is -2.28. The Morgan fingerprint density at radius 2 is 2.00 bits per heavy atom. The summed E-state index contributed by atoms with van der Waals surface area (Å²) in [6.45, 7) is 2.62. The second kappa shape index (κ2) is 7.50. The molecule has 0 spiro atoms. The van der Waals surface area contributed by atoms with Gasteiger partial charge < -0.3 is 10.1 Å². The van der Waals surface area contributed by atoms with Gasteiger partial charge in [0.1, 0.15) is 17.4 Å². The molecule has 1 aliphatic heterocycles. The number of halogens is 1. The molecule has 0 aliphatic carbocycles. The Morgan fingerprint density at radius 3 is 2.83 bits per heavy atom. The molecule has 29 heavy (non-hydrogen) atoms. The molecule has 0 amide bonds. The third-order valence-electron chi connectivity index (χ3n) is 4.98. The molecule has 2 aromatic heterocycles. The standard InChI is InChI=1S/C23H18ClN3OS/c1-14-22(27-23(29-14)16-5-4-10-25-12-16)15-8-9-19-21(11-15)28-13-20(26-19)17-6-2-3-7-18(17)24/h2-12,20,26H,13H2,1H3. The van der Waals surface area contributed by atoms with Gasteiger partial charge in [-0.15, -0.1) is 11.3 Å². The van der Waals surface area contributed by atoms with Crippen LogP contribution in [0.4, 0.5) is 5.69 Å². The van der Waals surface area contributed by atoms with E-state index in [1.165, 1.54) is 4.88 Å². The first kappa shape index (κ1) is 18.2. The summed E-state index contributed by atoms with van der Waals surface area (Å²) < 4.78 is 6.08. The number of benzene rings is 2. The largest absolute Gasteiger partial charge is 0.489 e. The number of hydrogen-bond donors (Lipinski definition) is 1. The minimum atomic E-state index is 0.0280. The van der Waals surface area contributed by atoms with Crippen LogP contribution >= 0.6 is 22.9 Å². The number of ether oxygens (including phenoxy) is 1. The molecule has 0 saturated carbocycles. The Labute approximate surface area is 178 Å². The van der Waals surface area contributed by atoms with Crippen LogP contribution in [0, 0.1) is 6.92 Å². The lowest BCUT2D eigenvalue weighted by Crippen LogP contribution is -2.24. The van der Waals surface area contributed by atoms with Crippen LogP contribution in [0.25, 0.3) is 21.8 Å². The van der Waals surface area contributed by atoms with Crippen molar-refractivity contribution in [2.45, 2.75) is 13.0 Å². The van der Waals surface area contributed by atoms with Crippen LogP contribution < -0.4 is 10.1 Å². The predicted molar refractivity (Wildman–Crippen MR) is 119 cm³/mol. The smallest absolute Gasteiger partial charge is 0.143 e. The molecule has 144 valence electrons. The molecule has 4 aromatic rings. The van der Waals surface area contributed by atoms with Crippen LogP contribution in [0.15, 0.2) is 67.0 Å². The number of nitrogens with zero attached hydrogens (tertiary/aromatic N) is 2. The van der Waals surface area contributed by atoms with Gasteiger partial charge in [-0.3, -0.25) is 4.98 Å². The van der Waals surface area contributed by atoms with Crippen LogP contribution in [0.5, 0.6) is 5.75 Å². The van der Waals surface area contributed by atoms with Gasteiger partial charge in [0.15, 0.2) is 0 Å². The third-order valence-corrected chi connectivity index (χ3v) is 6.34. The first-order chi connectivity index (χ1) is 14.2. The van der Waals surface area contributed by atoms with Gasteiger partial charge >= 0.3 is 0 Å². The first-order valence-corrected chi connectivity index (χ1v) is 10.5. The van der Waals surface area contributed by atoms with Crippen molar-refractivity contribution in [3.8, 4) is 27.6 Å². The van der Waals surface area contributed by atoms with Crippen molar-refractivity contribution < 1.29 is 4.74 Å². The SMILES string of the molecule is Cc1sc(-c2cccnc2)nc1-c1ccc2c(c1)OCC(c1ccccc1Cl)N2. The summed E-state index contributed by atoms with van der Waals surface area (Å²) in [5, 5.41) is 5.26. The molecule has 0 saturated heterocycles. The van der Waals surface area contributed by atoms with Crippen molar-refractivity contribution in [2.75, 3.05) is 11.9 Å². The maximum Gasteiger partial charge on any atom is 0.143 e. The summed E-state index contributed by atoms with van der Waals surface area (Å²) in [5.41, 5.74) is 5.06. The maximum absolute atomic E-state index is 6.35. The number of nitrogens with one attached hydrogen (secondary N) is 1. The molecule has 0 radical (unpaired) electrons. The van der Waals surface area contributed by atoms with Crippen LogP contribution in [-0.2, 0) is 0 Å². The molecule has 1 N–H and O–H groups in total. The molecule has 0 bridgehead atoms. The minimum absolute atomic E-state index is 0.0280. The molecule has 6 heteroatoms. The number of thiazole rings is 1. The molecule has 4 nitrogen and oxygen atoms in total. The minimum Gasteiger partial charge on any atom is -0.489 e. The van der Waals surface area contributed by atoms with E-state index >= 15 is 0 Å². The highest BCUT2D eigenvalue weighted by Gasteiger charge is 2.23. The van der Waals surface area contributed by atoms with Crippen molar-refractivity contribution in [3.63, 3.8) is 0 Å². The van der Waals surface area contributed by atoms with Gasteiger partial charge in [0.25, 0.3) is 0 Å². The van der Waals surface area contributed by atoms with Gasteiger partial charge in [-0.2, -0.15) is 0 Å². The number of fused-ring (bicyclic) bond motifs is 1. The van der Waals surface area contributed by atoms with E-state index in [1.54, 1.807) is 17.5 Å². The summed E-state index contributed by atoms with van der Waals surface area (Å²) in [6, 6.07) is 18.0. The summed E-state index contributed by atoms with van der Waals surface area (Å²) in [6.07, 6.45) is 3.62. The lowest BCUT2D eigenvalue weighted by atomic mass is 10.0. The number of aryl methyl sites for hydroxylation is 1. The molecule has 1 unspecified atom stereocenters. The topological polar surface area (TPSA) is 47.0 Å². The Hall–Kier alpha value is -2.89. The monoisotopic (exact) mass is 419 g/mol. The van der Waals surface area contributed by atoms with Crippen molar-refractivity contribution in [3.05, 3.63) is 82.5 Å². The van der Waals surface area contributed by atoms with Crippen LogP contribution in [0.3, 0.4) is 0 Å². The second-order valence-corrected chi connectivity index (χ2v) is 8.52. The van der Waals surface area contributed by atoms with Crippen LogP contribution in [0.2, 0.25) is 5.02 Å². The summed E-state index contributed by atoms with van der Waals surface area (Å²) >= 11 is 8.03. The van der Waals surface area contributed by atoms with E-state index in [2.05, 4.69) is 35.4 Å². The Balaban J connectivity index is 1.44. The molecule has 3 heterocycles. The highest BCUT2D eigenvalue weighted by atomic mass is 35.5. The zero-order valence-corrected chi connectivity index (χ0v) is 17.3. The first-order valence-electron chi connectivity index (χ1n) is 9.35. The third kappa shape index (κ3) is 3.48. The Morgan fingerprint density at radius 1 is 1.10 bits per heavy atom. The van der Waals surface area contributed by atoms with Crippen LogP contribution in [-0.4, -0.2) is 16.6 Å². The fourth-order valence-corrected chi connectivity index (χ4v) is 4.71. The van der Waals surface area contributed by atoms with E-state index in [0.29, 0.717) is 6.61 Å². The fraction of sp³-hybridized carbons (Fsp3) is 0.130. The number of rotatable bonds is 3. The van der Waals surface area contributed by atoms with Gasteiger partial charge in [0, 0.05) is 33.4 Å². The predicted octanol–water partition coefficient (Wildman–Crippen LogP) is 6.38. The normalized spacial score (nSPS) is 15.3. The summed E-state index contributed by atoms with van der Waals surface area (Å²) in [4.78, 5) is 10.2. The highest BCUT2D eigenvalue weighted by molar-refractivity contribution is 7.15. The van der Waals surface area contributed by atoms with Gasteiger partial charge in [0.2, 0.25) is 0 Å². The molecule has 5 rings (SSSR count). The highest BCUT2D eigenvalue weighted by Crippen LogP contribution is 2.40. The summed E-state index contributed by atoms with van der Waals surface area (Å²) in [7, 11) is 0. The number of hydrogen-bond acceptors (Lipinski definition) is 5. The maximum atomic E-state index is 6.35. The van der Waals surface area contributed by atoms with E-state index < -0.39 is 0 Å². The molecule has 1 aliphatic rings. The number of anilines is 1. The molecular formula is C23H18ClN3OS. The number of aromatic nitrogens is 2. The van der Waals surface area contributed by atoms with Crippen molar-refractivity contribution in [2.24, 2.45) is 0 Å². The Bertz CT molecular complexity index is 1180. The van der Waals surface area contributed by atoms with Crippen molar-refractivity contribution in [1.29, 1.82) is 0 Å². The quantitative estimate of drug-likeness (QED) is 0.418. The molecular weight excluding hydrogens is 402 g/mol. The zero-order valence-electron chi connectivity index (χ0n) is 15.7. The fourth-order valence-electron chi connectivity index (χ4n) is 3.51. The summed E-state index contributed by atoms with van der Waals surface area (Å²) in [5.74, 6) is 0.834. The van der Waals surface area contributed by atoms with Crippen molar-refractivity contribution in [1.82, 2.24) is 9.97 Å². The van der Waals surface area contributed by atoms with E-state index in [0.717, 1.165) is 43.9 Å². The van der Waals surface area contributed by atoms with E-state index in [-0.39, 0.29) is 6.04 Å². The average Bonchev–Trinajstić information content (AvgIpc) is 3.16. The van der Waals surface area contributed by atoms with Gasteiger partial charge in [-0.1, -0.05) is 35.9 Å². The van der Waals surface area contributed by atoms with E-state index in [1.807, 2.05) is 42.6 Å². The average molecular weight is 420 g/mol. The zero-order chi connectivity index (χ0) is 19.8.